The van der Waals surface area contributed by atoms with E-state index >= 15 is 0 Å². The van der Waals surface area contributed by atoms with Gasteiger partial charge in [0.1, 0.15) is 11.5 Å². The maximum Gasteiger partial charge on any atom is 0.149 e. The first kappa shape index (κ1) is 34.5. The summed E-state index contributed by atoms with van der Waals surface area (Å²) >= 11 is 0. The summed E-state index contributed by atoms with van der Waals surface area (Å²) in [4.78, 5) is 4.34. The second-order valence-corrected chi connectivity index (χ2v) is 8.53. The number of nitrogen functional groups attached to an aromatic ring is 1. The van der Waals surface area contributed by atoms with E-state index in [-0.39, 0.29) is 5.82 Å². The lowest BCUT2D eigenvalue weighted by Gasteiger charge is -2.08. The molecule has 1 aliphatic carbocycles. The molecule has 0 radical (unpaired) electrons. The molecule has 0 amide bonds. The van der Waals surface area contributed by atoms with Crippen molar-refractivity contribution in [3.8, 4) is 0 Å². The molecule has 0 aromatic heterocycles. The molecule has 0 atom stereocenters. The lowest BCUT2D eigenvalue weighted by atomic mass is 10.0. The number of aliphatic imine (C=N–C) groups is 1. The summed E-state index contributed by atoms with van der Waals surface area (Å²) in [6.07, 6.45) is 16.6. The van der Waals surface area contributed by atoms with Crippen LogP contribution in [0.4, 0.5) is 15.8 Å². The van der Waals surface area contributed by atoms with Gasteiger partial charge in [-0.15, -0.1) is 0 Å². The van der Waals surface area contributed by atoms with Gasteiger partial charge < -0.3 is 5.73 Å². The van der Waals surface area contributed by atoms with Crippen molar-refractivity contribution >= 4 is 23.2 Å². The lowest BCUT2D eigenvalue weighted by Crippen LogP contribution is -1.94. The number of nitrogens with two attached hydrogens (primary N) is 1. The summed E-state index contributed by atoms with van der Waals surface area (Å²) < 4.78 is 14.4. The van der Waals surface area contributed by atoms with Crippen LogP contribution in [-0.2, 0) is 6.42 Å². The van der Waals surface area contributed by atoms with Crippen LogP contribution in [0.25, 0.3) is 5.57 Å². The minimum absolute atomic E-state index is 0.280. The summed E-state index contributed by atoms with van der Waals surface area (Å²) in [5.74, 6) is -0.280. The normalized spacial score (nSPS) is 12.3. The fourth-order valence-corrected chi connectivity index (χ4v) is 3.27. The molecule has 206 valence electrons. The van der Waals surface area contributed by atoms with Crippen molar-refractivity contribution in [2.75, 3.05) is 5.73 Å². The van der Waals surface area contributed by atoms with Crippen molar-refractivity contribution in [1.82, 2.24) is 0 Å². The molecule has 2 nitrogen and oxygen atoms in total. The Morgan fingerprint density at radius 3 is 2.26 bits per heavy atom. The SMILES string of the molecule is C=C(/C=C\C(C)=C/C)CC.CC.CC.Cc1ccc(CC=Nc2c(C)cc(C3=CC=CC3)cc2F)cc1N. The Morgan fingerprint density at radius 2 is 1.74 bits per heavy atom. The van der Waals surface area contributed by atoms with E-state index in [0.29, 0.717) is 12.1 Å². The fourth-order valence-electron chi connectivity index (χ4n) is 3.27. The van der Waals surface area contributed by atoms with Crippen LogP contribution in [0.15, 0.2) is 89.5 Å². The Labute approximate surface area is 232 Å². The first-order valence-corrected chi connectivity index (χ1v) is 13.8. The number of rotatable bonds is 7. The summed E-state index contributed by atoms with van der Waals surface area (Å²) in [7, 11) is 0. The Kier molecular flexibility index (Phi) is 17.8. The fraction of sp³-hybridized carbons (Fsp3) is 0.343. The van der Waals surface area contributed by atoms with E-state index in [1.54, 1.807) is 12.3 Å². The molecule has 0 aliphatic heterocycles. The monoisotopic (exact) mass is 516 g/mol. The third kappa shape index (κ3) is 12.2. The van der Waals surface area contributed by atoms with Crippen LogP contribution >= 0.6 is 0 Å². The van der Waals surface area contributed by atoms with Crippen LogP contribution in [0, 0.1) is 19.7 Å². The molecule has 2 aromatic carbocycles. The molecule has 3 heteroatoms. The van der Waals surface area contributed by atoms with Crippen molar-refractivity contribution in [2.45, 2.75) is 81.6 Å². The number of benzene rings is 2. The smallest absolute Gasteiger partial charge is 0.149 e. The molecule has 2 aromatic rings. The second kappa shape index (κ2) is 19.6. The molecular formula is C35H49FN2. The number of nitrogens with zero attached hydrogens (tertiary/aromatic N) is 1. The second-order valence-electron chi connectivity index (χ2n) is 8.53. The average Bonchev–Trinajstić information content (AvgIpc) is 3.48. The molecular weight excluding hydrogens is 467 g/mol. The van der Waals surface area contributed by atoms with E-state index in [9.17, 15) is 4.39 Å². The summed E-state index contributed by atoms with van der Waals surface area (Å²) in [5.41, 5.74) is 14.6. The molecule has 0 bridgehead atoms. The third-order valence-electron chi connectivity index (χ3n) is 5.78. The predicted octanol–water partition coefficient (Wildman–Crippen LogP) is 10.8. The van der Waals surface area contributed by atoms with Gasteiger partial charge in [0.25, 0.3) is 0 Å². The molecule has 1 aliphatic rings. The molecule has 3 rings (SSSR count). The van der Waals surface area contributed by atoms with E-state index in [4.69, 9.17) is 5.73 Å². The average molecular weight is 517 g/mol. The van der Waals surface area contributed by atoms with Crippen molar-refractivity contribution in [3.63, 3.8) is 0 Å². The number of anilines is 1. The highest BCUT2D eigenvalue weighted by Gasteiger charge is 2.10. The molecule has 0 saturated carbocycles. The van der Waals surface area contributed by atoms with E-state index in [2.05, 4.69) is 49.7 Å². The van der Waals surface area contributed by atoms with E-state index in [1.807, 2.05) is 84.9 Å². The lowest BCUT2D eigenvalue weighted by molar-refractivity contribution is 0.628. The first-order valence-electron chi connectivity index (χ1n) is 13.8. The van der Waals surface area contributed by atoms with Crippen LogP contribution in [0.5, 0.6) is 0 Å². The Morgan fingerprint density at radius 1 is 1.05 bits per heavy atom. The number of allylic oxidation sites excluding steroid dienone is 9. The van der Waals surface area contributed by atoms with Gasteiger partial charge in [-0.3, -0.25) is 4.99 Å². The van der Waals surface area contributed by atoms with Crippen LogP contribution in [0.1, 0.15) is 83.6 Å². The van der Waals surface area contributed by atoms with Gasteiger partial charge in [0.15, 0.2) is 0 Å². The van der Waals surface area contributed by atoms with Gasteiger partial charge in [0.05, 0.1) is 0 Å². The van der Waals surface area contributed by atoms with E-state index < -0.39 is 0 Å². The number of aryl methyl sites for hydroxylation is 2. The maximum atomic E-state index is 14.4. The minimum atomic E-state index is -0.280. The standard InChI is InChI=1S/C21H21FN2.C10H16.2C2H6/c1-14-7-8-16(12-20(14)23)9-10-24-21-15(2)11-18(13-19(21)22)17-5-3-4-6-17;1-5-9(3)7-8-10(4)6-2;2*1-2/h3-5,7-8,10-13H,6,9,23H2,1-2H3;6-8H,3,5H2,1-2,4H3;2*1-2H3/b;8-7-,10-6-;;. The predicted molar refractivity (Wildman–Crippen MR) is 171 cm³/mol. The Balaban J connectivity index is 0.000000827. The summed E-state index contributed by atoms with van der Waals surface area (Å²) in [6.45, 7) is 22.0. The number of halogens is 1. The molecule has 2 N–H and O–H groups in total. The largest absolute Gasteiger partial charge is 0.399 e. The highest BCUT2D eigenvalue weighted by atomic mass is 19.1. The highest BCUT2D eigenvalue weighted by Crippen LogP contribution is 2.30. The van der Waals surface area contributed by atoms with Gasteiger partial charge in [0, 0.05) is 18.3 Å². The zero-order chi connectivity index (χ0) is 29.1. The Hall–Kier alpha value is -3.46. The van der Waals surface area contributed by atoms with Crippen LogP contribution in [0.2, 0.25) is 0 Å². The maximum absolute atomic E-state index is 14.4. The zero-order valence-corrected chi connectivity index (χ0v) is 25.2. The van der Waals surface area contributed by atoms with Gasteiger partial charge in [-0.25, -0.2) is 4.39 Å². The van der Waals surface area contributed by atoms with Gasteiger partial charge in [-0.05, 0) is 86.6 Å². The van der Waals surface area contributed by atoms with Gasteiger partial charge in [-0.2, -0.15) is 0 Å². The van der Waals surface area contributed by atoms with Crippen LogP contribution < -0.4 is 5.73 Å². The number of hydrogen-bond acceptors (Lipinski definition) is 2. The van der Waals surface area contributed by atoms with Crippen molar-refractivity contribution in [1.29, 1.82) is 0 Å². The van der Waals surface area contributed by atoms with Crippen LogP contribution in [0.3, 0.4) is 0 Å². The summed E-state index contributed by atoms with van der Waals surface area (Å²) in [6, 6.07) is 9.51. The zero-order valence-electron chi connectivity index (χ0n) is 25.2. The first-order chi connectivity index (χ1) is 18.2. The molecule has 0 heterocycles. The Bertz CT molecular complexity index is 1140. The van der Waals surface area contributed by atoms with Crippen molar-refractivity contribution < 1.29 is 4.39 Å². The van der Waals surface area contributed by atoms with Gasteiger partial charge >= 0.3 is 0 Å². The van der Waals surface area contributed by atoms with Crippen LogP contribution in [-0.4, -0.2) is 6.21 Å². The molecule has 38 heavy (non-hydrogen) atoms. The minimum Gasteiger partial charge on any atom is -0.399 e. The van der Waals surface area contributed by atoms with Crippen molar-refractivity contribution in [3.05, 3.63) is 113 Å². The van der Waals surface area contributed by atoms with E-state index in [0.717, 1.165) is 46.4 Å². The molecule has 0 unspecified atom stereocenters. The third-order valence-corrected chi connectivity index (χ3v) is 5.78. The van der Waals surface area contributed by atoms with Gasteiger partial charge in [0.2, 0.25) is 0 Å². The topological polar surface area (TPSA) is 38.4 Å². The number of hydrogen-bond donors (Lipinski definition) is 1. The molecule has 0 fully saturated rings. The van der Waals surface area contributed by atoms with Crippen molar-refractivity contribution in [2.24, 2.45) is 4.99 Å². The molecule has 0 spiro atoms. The highest BCUT2D eigenvalue weighted by molar-refractivity contribution is 5.74. The quantitative estimate of drug-likeness (QED) is 0.222. The summed E-state index contributed by atoms with van der Waals surface area (Å²) in [5, 5.41) is 0. The van der Waals surface area contributed by atoms with Gasteiger partial charge in [-0.1, -0.05) is 101 Å². The van der Waals surface area contributed by atoms with E-state index in [1.165, 1.54) is 11.1 Å². The molecule has 0 saturated heterocycles.